The van der Waals surface area contributed by atoms with Crippen molar-refractivity contribution >= 4 is 0 Å². The van der Waals surface area contributed by atoms with Crippen LogP contribution in [0, 0.1) is 0 Å². The van der Waals surface area contributed by atoms with Crippen LogP contribution in [0.2, 0.25) is 0 Å². The number of aromatic nitrogens is 4. The summed E-state index contributed by atoms with van der Waals surface area (Å²) in [5.41, 5.74) is 0. The second kappa shape index (κ2) is 6.36. The molecule has 0 spiro atoms. The van der Waals surface area contributed by atoms with Crippen molar-refractivity contribution in [3.05, 3.63) is 29.9 Å². The summed E-state index contributed by atoms with van der Waals surface area (Å²) in [5.74, 6) is 2.40. The minimum atomic E-state index is 0.200. The van der Waals surface area contributed by atoms with Gasteiger partial charge in [0, 0.05) is 32.5 Å². The number of nitrogens with one attached hydrogen (secondary N) is 1. The third kappa shape index (κ3) is 3.14. The molecule has 1 aliphatic rings. The van der Waals surface area contributed by atoms with Crippen molar-refractivity contribution in [3.8, 4) is 0 Å². The molecule has 1 unspecified atom stereocenters. The summed E-state index contributed by atoms with van der Waals surface area (Å²) in [6, 6.07) is 0.200. The average molecular weight is 291 g/mol. The van der Waals surface area contributed by atoms with Crippen molar-refractivity contribution < 1.29 is 9.26 Å². The molecule has 114 valence electrons. The predicted octanol–water partition coefficient (Wildman–Crippen LogP) is 1.71. The highest BCUT2D eigenvalue weighted by Crippen LogP contribution is 2.32. The molecule has 0 aromatic carbocycles. The standard InChI is InChI=1S/C14H21N5O2/c1-3-4-12-17-13(21-18-12)9-19-8-10(20-2)7-11(19)14-15-5-6-16-14/h5-6,10-11H,3-4,7-9H2,1-2H3,(H,15,16)/t10-,11?/m1/s1. The van der Waals surface area contributed by atoms with Gasteiger partial charge in [-0.15, -0.1) is 0 Å². The van der Waals surface area contributed by atoms with Crippen LogP contribution in [0.4, 0.5) is 0 Å². The number of H-pyrrole nitrogens is 1. The molecule has 3 rings (SSSR count). The van der Waals surface area contributed by atoms with E-state index >= 15 is 0 Å². The van der Waals surface area contributed by atoms with Crippen LogP contribution in [0.15, 0.2) is 16.9 Å². The molecule has 7 heteroatoms. The zero-order chi connectivity index (χ0) is 14.7. The summed E-state index contributed by atoms with van der Waals surface area (Å²) in [6.07, 6.45) is 6.62. The maximum absolute atomic E-state index is 5.50. The molecule has 7 nitrogen and oxygen atoms in total. The van der Waals surface area contributed by atoms with Gasteiger partial charge < -0.3 is 14.2 Å². The van der Waals surface area contributed by atoms with Crippen molar-refractivity contribution in [2.75, 3.05) is 13.7 Å². The fourth-order valence-corrected chi connectivity index (χ4v) is 2.80. The third-order valence-electron chi connectivity index (χ3n) is 3.86. The summed E-state index contributed by atoms with van der Waals surface area (Å²) in [4.78, 5) is 14.3. The summed E-state index contributed by atoms with van der Waals surface area (Å²) in [6.45, 7) is 3.57. The molecule has 1 saturated heterocycles. The molecule has 1 N–H and O–H groups in total. The summed E-state index contributed by atoms with van der Waals surface area (Å²) in [7, 11) is 1.75. The van der Waals surface area contributed by atoms with Gasteiger partial charge in [0.1, 0.15) is 5.82 Å². The van der Waals surface area contributed by atoms with E-state index in [4.69, 9.17) is 9.26 Å². The molecule has 0 radical (unpaired) electrons. The number of hydrogen-bond acceptors (Lipinski definition) is 6. The molecule has 2 aromatic rings. The Morgan fingerprint density at radius 2 is 2.43 bits per heavy atom. The van der Waals surface area contributed by atoms with Crippen molar-refractivity contribution in [2.24, 2.45) is 0 Å². The quantitative estimate of drug-likeness (QED) is 0.872. The Morgan fingerprint density at radius 1 is 1.52 bits per heavy atom. The lowest BCUT2D eigenvalue weighted by molar-refractivity contribution is 0.105. The first-order valence-electron chi connectivity index (χ1n) is 7.37. The highest BCUT2D eigenvalue weighted by molar-refractivity contribution is 5.02. The minimum absolute atomic E-state index is 0.200. The van der Waals surface area contributed by atoms with Gasteiger partial charge in [-0.25, -0.2) is 4.98 Å². The first-order valence-corrected chi connectivity index (χ1v) is 7.37. The topological polar surface area (TPSA) is 80.1 Å². The van der Waals surface area contributed by atoms with Crippen LogP contribution in [-0.4, -0.2) is 44.8 Å². The number of hydrogen-bond donors (Lipinski definition) is 1. The average Bonchev–Trinajstić information content (AvgIpc) is 3.19. The second-order valence-corrected chi connectivity index (χ2v) is 5.37. The Kier molecular flexibility index (Phi) is 4.31. The first kappa shape index (κ1) is 14.2. The van der Waals surface area contributed by atoms with Crippen LogP contribution in [0.3, 0.4) is 0 Å². The monoisotopic (exact) mass is 291 g/mol. The lowest BCUT2D eigenvalue weighted by atomic mass is 10.2. The van der Waals surface area contributed by atoms with Gasteiger partial charge in [0.2, 0.25) is 5.89 Å². The minimum Gasteiger partial charge on any atom is -0.380 e. The largest absolute Gasteiger partial charge is 0.380 e. The van der Waals surface area contributed by atoms with Gasteiger partial charge in [-0.3, -0.25) is 4.90 Å². The maximum Gasteiger partial charge on any atom is 0.240 e. The molecular formula is C14H21N5O2. The molecule has 0 aliphatic carbocycles. The SMILES string of the molecule is CCCc1noc(CN2C[C@H](OC)CC2c2ncc[nH]2)n1. The highest BCUT2D eigenvalue weighted by Gasteiger charge is 2.35. The molecule has 0 amide bonds. The van der Waals surface area contributed by atoms with Gasteiger partial charge in [-0.2, -0.15) is 4.98 Å². The Hall–Kier alpha value is -1.73. The Bertz CT molecular complexity index is 553. The first-order chi connectivity index (χ1) is 10.3. The van der Waals surface area contributed by atoms with Crippen molar-refractivity contribution in [1.29, 1.82) is 0 Å². The Morgan fingerprint density at radius 3 is 3.14 bits per heavy atom. The molecule has 1 aliphatic heterocycles. The number of imidazole rings is 1. The second-order valence-electron chi connectivity index (χ2n) is 5.37. The molecular weight excluding hydrogens is 270 g/mol. The lowest BCUT2D eigenvalue weighted by Gasteiger charge is -2.20. The maximum atomic E-state index is 5.50. The fourth-order valence-electron chi connectivity index (χ4n) is 2.80. The lowest BCUT2D eigenvalue weighted by Crippen LogP contribution is -2.25. The van der Waals surface area contributed by atoms with Crippen LogP contribution in [0.1, 0.15) is 43.3 Å². The van der Waals surface area contributed by atoms with Gasteiger partial charge >= 0.3 is 0 Å². The molecule has 0 saturated carbocycles. The van der Waals surface area contributed by atoms with Gasteiger partial charge in [0.05, 0.1) is 18.7 Å². The van der Waals surface area contributed by atoms with Crippen LogP contribution in [0.25, 0.3) is 0 Å². The molecule has 2 atom stereocenters. The van der Waals surface area contributed by atoms with E-state index in [2.05, 4.69) is 31.9 Å². The molecule has 2 aromatic heterocycles. The number of ether oxygens (including phenoxy) is 1. The van der Waals surface area contributed by atoms with Gasteiger partial charge in [0.25, 0.3) is 0 Å². The molecule has 1 fully saturated rings. The van der Waals surface area contributed by atoms with E-state index < -0.39 is 0 Å². The van der Waals surface area contributed by atoms with E-state index in [1.54, 1.807) is 13.3 Å². The van der Waals surface area contributed by atoms with E-state index in [1.165, 1.54) is 0 Å². The van der Waals surface area contributed by atoms with Gasteiger partial charge in [0.15, 0.2) is 5.82 Å². The third-order valence-corrected chi connectivity index (χ3v) is 3.86. The molecule has 0 bridgehead atoms. The number of aromatic amines is 1. The number of methoxy groups -OCH3 is 1. The van der Waals surface area contributed by atoms with E-state index in [-0.39, 0.29) is 12.1 Å². The number of rotatable bonds is 6. The number of likely N-dealkylation sites (tertiary alicyclic amines) is 1. The van der Waals surface area contributed by atoms with Gasteiger partial charge in [-0.1, -0.05) is 12.1 Å². The number of aryl methyl sites for hydroxylation is 1. The summed E-state index contributed by atoms with van der Waals surface area (Å²) < 4.78 is 10.8. The van der Waals surface area contributed by atoms with Crippen LogP contribution in [-0.2, 0) is 17.7 Å². The zero-order valence-corrected chi connectivity index (χ0v) is 12.5. The predicted molar refractivity (Wildman–Crippen MR) is 75.4 cm³/mol. The van der Waals surface area contributed by atoms with Crippen molar-refractivity contribution in [1.82, 2.24) is 25.0 Å². The van der Waals surface area contributed by atoms with E-state index in [0.717, 1.165) is 37.5 Å². The summed E-state index contributed by atoms with van der Waals surface area (Å²) in [5, 5.41) is 4.01. The number of nitrogens with zero attached hydrogens (tertiary/aromatic N) is 4. The Balaban J connectivity index is 1.72. The van der Waals surface area contributed by atoms with Crippen LogP contribution >= 0.6 is 0 Å². The van der Waals surface area contributed by atoms with Crippen LogP contribution < -0.4 is 0 Å². The Labute approximate surface area is 123 Å². The molecule has 3 heterocycles. The van der Waals surface area contributed by atoms with E-state index in [1.807, 2.05) is 6.20 Å². The van der Waals surface area contributed by atoms with Crippen LogP contribution in [0.5, 0.6) is 0 Å². The summed E-state index contributed by atoms with van der Waals surface area (Å²) >= 11 is 0. The zero-order valence-electron chi connectivity index (χ0n) is 12.5. The highest BCUT2D eigenvalue weighted by atomic mass is 16.5. The molecule has 21 heavy (non-hydrogen) atoms. The van der Waals surface area contributed by atoms with Gasteiger partial charge in [-0.05, 0) is 12.8 Å². The fraction of sp³-hybridized carbons (Fsp3) is 0.643. The van der Waals surface area contributed by atoms with E-state index in [0.29, 0.717) is 12.4 Å². The normalized spacial score (nSPS) is 23.0. The van der Waals surface area contributed by atoms with E-state index in [9.17, 15) is 0 Å². The smallest absolute Gasteiger partial charge is 0.240 e. The van der Waals surface area contributed by atoms with Crippen molar-refractivity contribution in [3.63, 3.8) is 0 Å². The van der Waals surface area contributed by atoms with Crippen molar-refractivity contribution in [2.45, 2.75) is 44.9 Å².